The Labute approximate surface area is 177 Å². The van der Waals surface area contributed by atoms with E-state index in [1.807, 2.05) is 6.07 Å². The lowest BCUT2D eigenvalue weighted by atomic mass is 10.2. The summed E-state index contributed by atoms with van der Waals surface area (Å²) in [5, 5.41) is 15.6. The minimum Gasteiger partial charge on any atom is -0.493 e. The van der Waals surface area contributed by atoms with Gasteiger partial charge in [0.2, 0.25) is 5.88 Å². The van der Waals surface area contributed by atoms with Crippen molar-refractivity contribution >= 4 is 11.6 Å². The normalized spacial score (nSPS) is 10.6. The number of methoxy groups -OCH3 is 2. The molecular weight excluding hydrogens is 400 g/mol. The molecule has 31 heavy (non-hydrogen) atoms. The highest BCUT2D eigenvalue weighted by molar-refractivity contribution is 5.92. The Balaban J connectivity index is 1.45. The summed E-state index contributed by atoms with van der Waals surface area (Å²) in [5.41, 5.74) is 1.68. The summed E-state index contributed by atoms with van der Waals surface area (Å²) in [7, 11) is 3.15. The fourth-order valence-electron chi connectivity index (χ4n) is 2.91. The zero-order valence-corrected chi connectivity index (χ0v) is 17.0. The lowest BCUT2D eigenvalue weighted by molar-refractivity contribution is 0.0941. The number of amides is 1. The first-order valence-electron chi connectivity index (χ1n) is 9.46. The van der Waals surface area contributed by atoms with Crippen molar-refractivity contribution in [3.63, 3.8) is 0 Å². The maximum absolute atomic E-state index is 12.0. The number of rotatable bonds is 8. The molecule has 0 saturated heterocycles. The van der Waals surface area contributed by atoms with E-state index in [2.05, 4.69) is 25.6 Å². The number of hydrogen-bond acceptors (Lipinski definition) is 8. The molecule has 3 heterocycles. The summed E-state index contributed by atoms with van der Waals surface area (Å²) < 4.78 is 17.9. The number of benzene rings is 1. The van der Waals surface area contributed by atoms with Crippen molar-refractivity contribution in [2.75, 3.05) is 27.4 Å². The lowest BCUT2D eigenvalue weighted by Crippen LogP contribution is -2.28. The van der Waals surface area contributed by atoms with Gasteiger partial charge in [-0.15, -0.1) is 15.3 Å². The Morgan fingerprint density at radius 1 is 1.03 bits per heavy atom. The van der Waals surface area contributed by atoms with Crippen LogP contribution in [0.3, 0.4) is 0 Å². The molecule has 0 aliphatic carbocycles. The summed E-state index contributed by atoms with van der Waals surface area (Å²) in [4.78, 5) is 16.0. The van der Waals surface area contributed by atoms with Crippen LogP contribution in [-0.2, 0) is 0 Å². The summed E-state index contributed by atoms with van der Waals surface area (Å²) in [6, 6.07) is 14.1. The molecule has 4 aromatic rings. The first-order valence-corrected chi connectivity index (χ1v) is 9.46. The van der Waals surface area contributed by atoms with Gasteiger partial charge in [-0.05, 0) is 36.4 Å². The van der Waals surface area contributed by atoms with E-state index >= 15 is 0 Å². The molecule has 158 valence electrons. The lowest BCUT2D eigenvalue weighted by Gasteiger charge is -2.09. The van der Waals surface area contributed by atoms with E-state index in [-0.39, 0.29) is 12.5 Å². The van der Waals surface area contributed by atoms with E-state index in [4.69, 9.17) is 14.2 Å². The van der Waals surface area contributed by atoms with Crippen LogP contribution >= 0.6 is 0 Å². The average Bonchev–Trinajstić information content (AvgIpc) is 3.25. The molecule has 0 spiro atoms. The molecule has 4 rings (SSSR count). The molecule has 1 amide bonds. The van der Waals surface area contributed by atoms with Gasteiger partial charge in [-0.3, -0.25) is 9.78 Å². The molecule has 0 bridgehead atoms. The molecule has 1 N–H and O–H groups in total. The second kappa shape index (κ2) is 9.08. The van der Waals surface area contributed by atoms with Crippen LogP contribution in [0, 0.1) is 0 Å². The third-order valence-electron chi connectivity index (χ3n) is 4.42. The predicted octanol–water partition coefficient (Wildman–Crippen LogP) is 2.01. The SMILES string of the molecule is COc1ccc(-c2nnc3ccc(OCCNC(=O)c4ccccn4)nn23)cc1OC. The quantitative estimate of drug-likeness (QED) is 0.431. The molecule has 1 aromatic carbocycles. The van der Waals surface area contributed by atoms with Gasteiger partial charge in [0, 0.05) is 17.8 Å². The number of nitrogens with one attached hydrogen (secondary N) is 1. The molecule has 0 fully saturated rings. The molecule has 0 aliphatic heterocycles. The van der Waals surface area contributed by atoms with Crippen molar-refractivity contribution in [2.24, 2.45) is 0 Å². The number of hydrogen-bond donors (Lipinski definition) is 1. The summed E-state index contributed by atoms with van der Waals surface area (Å²) in [6.07, 6.45) is 1.57. The van der Waals surface area contributed by atoms with Crippen LogP contribution in [0.15, 0.2) is 54.7 Å². The van der Waals surface area contributed by atoms with Gasteiger partial charge in [0.25, 0.3) is 5.91 Å². The van der Waals surface area contributed by atoms with Crippen molar-refractivity contribution in [2.45, 2.75) is 0 Å². The Morgan fingerprint density at radius 2 is 1.90 bits per heavy atom. The fourth-order valence-corrected chi connectivity index (χ4v) is 2.91. The first kappa shape index (κ1) is 20.1. The Hall–Kier alpha value is -4.21. The number of carbonyl (C=O) groups excluding carboxylic acids is 1. The van der Waals surface area contributed by atoms with Crippen molar-refractivity contribution in [1.82, 2.24) is 30.1 Å². The van der Waals surface area contributed by atoms with Gasteiger partial charge in [0.1, 0.15) is 12.3 Å². The molecule has 0 atom stereocenters. The highest BCUT2D eigenvalue weighted by atomic mass is 16.5. The van der Waals surface area contributed by atoms with Crippen LogP contribution in [-0.4, -0.2) is 58.1 Å². The molecule has 10 heteroatoms. The number of carbonyl (C=O) groups is 1. The summed E-state index contributed by atoms with van der Waals surface area (Å²) in [6.45, 7) is 0.546. The molecular formula is C21H20N6O4. The van der Waals surface area contributed by atoms with Crippen molar-refractivity contribution < 1.29 is 19.0 Å². The molecule has 3 aromatic heterocycles. The molecule has 0 aliphatic rings. The topological polar surface area (TPSA) is 113 Å². The number of ether oxygens (including phenoxy) is 3. The minimum absolute atomic E-state index is 0.241. The van der Waals surface area contributed by atoms with Crippen molar-refractivity contribution in [1.29, 1.82) is 0 Å². The van der Waals surface area contributed by atoms with Gasteiger partial charge in [-0.1, -0.05) is 6.07 Å². The van der Waals surface area contributed by atoms with Crippen LogP contribution in [0.4, 0.5) is 0 Å². The van der Waals surface area contributed by atoms with Gasteiger partial charge < -0.3 is 19.5 Å². The van der Waals surface area contributed by atoms with Crippen molar-refractivity contribution in [3.8, 4) is 28.8 Å². The average molecular weight is 420 g/mol. The predicted molar refractivity (Wildman–Crippen MR) is 111 cm³/mol. The maximum Gasteiger partial charge on any atom is 0.269 e. The largest absolute Gasteiger partial charge is 0.493 e. The van der Waals surface area contributed by atoms with Crippen LogP contribution in [0.1, 0.15) is 10.5 Å². The van der Waals surface area contributed by atoms with E-state index in [0.717, 1.165) is 5.56 Å². The van der Waals surface area contributed by atoms with E-state index in [1.54, 1.807) is 67.4 Å². The van der Waals surface area contributed by atoms with Gasteiger partial charge in [0.15, 0.2) is 23.0 Å². The fraction of sp³-hybridized carbons (Fsp3) is 0.190. The molecule has 10 nitrogen and oxygen atoms in total. The Morgan fingerprint density at radius 3 is 2.68 bits per heavy atom. The van der Waals surface area contributed by atoms with E-state index in [0.29, 0.717) is 41.1 Å². The van der Waals surface area contributed by atoms with Crippen molar-refractivity contribution in [3.05, 3.63) is 60.4 Å². The standard InChI is InChI=1S/C21H20N6O4/c1-29-16-7-6-14(13-17(16)30-2)20-25-24-18-8-9-19(26-27(18)20)31-12-11-23-21(28)15-5-3-4-10-22-15/h3-10,13H,11-12H2,1-2H3,(H,23,28). The van der Waals surface area contributed by atoms with Gasteiger partial charge in [0.05, 0.1) is 20.8 Å². The van der Waals surface area contributed by atoms with Crippen LogP contribution in [0.2, 0.25) is 0 Å². The molecule has 0 unspecified atom stereocenters. The summed E-state index contributed by atoms with van der Waals surface area (Å²) in [5.74, 6) is 1.84. The Bertz CT molecular complexity index is 1200. The van der Waals surface area contributed by atoms with Crippen LogP contribution in [0.25, 0.3) is 17.0 Å². The van der Waals surface area contributed by atoms with E-state index < -0.39 is 0 Å². The minimum atomic E-state index is -0.262. The van der Waals surface area contributed by atoms with Gasteiger partial charge >= 0.3 is 0 Å². The van der Waals surface area contributed by atoms with E-state index in [9.17, 15) is 4.79 Å². The highest BCUT2D eigenvalue weighted by Crippen LogP contribution is 2.31. The summed E-state index contributed by atoms with van der Waals surface area (Å²) >= 11 is 0. The van der Waals surface area contributed by atoms with Gasteiger partial charge in [-0.2, -0.15) is 4.52 Å². The van der Waals surface area contributed by atoms with Crippen LogP contribution in [0.5, 0.6) is 17.4 Å². The molecule has 0 saturated carbocycles. The number of fused-ring (bicyclic) bond motifs is 1. The maximum atomic E-state index is 12.0. The second-order valence-corrected chi connectivity index (χ2v) is 6.35. The van der Waals surface area contributed by atoms with E-state index in [1.165, 1.54) is 0 Å². The smallest absolute Gasteiger partial charge is 0.269 e. The number of pyridine rings is 1. The zero-order valence-electron chi connectivity index (χ0n) is 17.0. The molecule has 0 radical (unpaired) electrons. The monoisotopic (exact) mass is 420 g/mol. The van der Waals surface area contributed by atoms with Gasteiger partial charge in [-0.25, -0.2) is 0 Å². The Kier molecular flexibility index (Phi) is 5.88. The number of nitrogens with zero attached hydrogens (tertiary/aromatic N) is 5. The second-order valence-electron chi connectivity index (χ2n) is 6.35. The third-order valence-corrected chi connectivity index (χ3v) is 4.42. The highest BCUT2D eigenvalue weighted by Gasteiger charge is 2.14. The van der Waals surface area contributed by atoms with Crippen LogP contribution < -0.4 is 19.5 Å². The third kappa shape index (κ3) is 4.37. The number of aromatic nitrogens is 5. The first-order chi connectivity index (χ1) is 15.2. The zero-order chi connectivity index (χ0) is 21.6.